The fourth-order valence-corrected chi connectivity index (χ4v) is 3.11. The van der Waals surface area contributed by atoms with Gasteiger partial charge in [-0.15, -0.1) is 0 Å². The zero-order valence-electron chi connectivity index (χ0n) is 15.8. The number of rotatable bonds is 7. The topological polar surface area (TPSA) is 67.2 Å². The molecule has 2 aromatic rings. The molecule has 26 heavy (non-hydrogen) atoms. The number of nitriles is 1. The standard InChI is InChI=1S/C20H24ClN3O2/c1-6-16(11-25-5)24-18-9-14(4)23-20(17(18)10-22)26-19-12(2)7-15(21)8-13(19)3/h7-9,16H,6,11H2,1-5H3,(H,23,24). The van der Waals surface area contributed by atoms with Crippen LogP contribution in [0.1, 0.15) is 35.7 Å². The van der Waals surface area contributed by atoms with E-state index < -0.39 is 0 Å². The quantitative estimate of drug-likeness (QED) is 0.725. The van der Waals surface area contributed by atoms with Gasteiger partial charge in [0.05, 0.1) is 12.3 Å². The summed E-state index contributed by atoms with van der Waals surface area (Å²) in [5.41, 5.74) is 3.62. The molecule has 2 rings (SSSR count). The number of hydrogen-bond donors (Lipinski definition) is 1. The first-order chi connectivity index (χ1) is 12.4. The molecule has 1 N–H and O–H groups in total. The number of hydrogen-bond acceptors (Lipinski definition) is 5. The number of methoxy groups -OCH3 is 1. The van der Waals surface area contributed by atoms with Crippen LogP contribution in [0, 0.1) is 32.1 Å². The van der Waals surface area contributed by atoms with Crippen molar-refractivity contribution in [3.8, 4) is 17.7 Å². The lowest BCUT2D eigenvalue weighted by molar-refractivity contribution is 0.184. The fourth-order valence-electron chi connectivity index (χ4n) is 2.78. The smallest absolute Gasteiger partial charge is 0.239 e. The number of pyridine rings is 1. The third-order valence-electron chi connectivity index (χ3n) is 4.07. The molecular formula is C20H24ClN3O2. The van der Waals surface area contributed by atoms with Gasteiger partial charge in [-0.25, -0.2) is 4.98 Å². The highest BCUT2D eigenvalue weighted by Gasteiger charge is 2.18. The van der Waals surface area contributed by atoms with E-state index in [2.05, 4.69) is 23.3 Å². The summed E-state index contributed by atoms with van der Waals surface area (Å²) in [6.45, 7) is 8.32. The molecule has 0 aliphatic carbocycles. The van der Waals surface area contributed by atoms with E-state index in [1.165, 1.54) is 0 Å². The predicted molar refractivity (Wildman–Crippen MR) is 104 cm³/mol. The van der Waals surface area contributed by atoms with Gasteiger partial charge in [0.25, 0.3) is 0 Å². The molecule has 1 aromatic heterocycles. The van der Waals surface area contributed by atoms with Crippen LogP contribution in [0.3, 0.4) is 0 Å². The normalized spacial score (nSPS) is 11.7. The van der Waals surface area contributed by atoms with E-state index in [9.17, 15) is 5.26 Å². The van der Waals surface area contributed by atoms with Crippen LogP contribution in [0.15, 0.2) is 18.2 Å². The van der Waals surface area contributed by atoms with E-state index >= 15 is 0 Å². The summed E-state index contributed by atoms with van der Waals surface area (Å²) in [4.78, 5) is 4.43. The molecule has 0 saturated carbocycles. The predicted octanol–water partition coefficient (Wildman–Crippen LogP) is 5.16. The zero-order valence-corrected chi connectivity index (χ0v) is 16.6. The second-order valence-electron chi connectivity index (χ2n) is 6.28. The first-order valence-electron chi connectivity index (χ1n) is 8.51. The monoisotopic (exact) mass is 373 g/mol. The molecular weight excluding hydrogens is 350 g/mol. The van der Waals surface area contributed by atoms with Crippen LogP contribution in [0.2, 0.25) is 5.02 Å². The van der Waals surface area contributed by atoms with Gasteiger partial charge < -0.3 is 14.8 Å². The number of aromatic nitrogens is 1. The third kappa shape index (κ3) is 4.66. The van der Waals surface area contributed by atoms with Crippen LogP contribution >= 0.6 is 11.6 Å². The van der Waals surface area contributed by atoms with Gasteiger partial charge >= 0.3 is 0 Å². The number of ether oxygens (including phenoxy) is 2. The molecule has 0 amide bonds. The number of halogens is 1. The van der Waals surface area contributed by atoms with Gasteiger partial charge in [-0.05, 0) is 56.5 Å². The maximum atomic E-state index is 9.70. The molecule has 138 valence electrons. The van der Waals surface area contributed by atoms with E-state index in [-0.39, 0.29) is 11.9 Å². The van der Waals surface area contributed by atoms with Crippen LogP contribution in [-0.2, 0) is 4.74 Å². The van der Waals surface area contributed by atoms with Crippen molar-refractivity contribution in [2.75, 3.05) is 19.0 Å². The summed E-state index contributed by atoms with van der Waals surface area (Å²) in [7, 11) is 1.66. The van der Waals surface area contributed by atoms with Crippen LogP contribution in [0.5, 0.6) is 11.6 Å². The van der Waals surface area contributed by atoms with Gasteiger partial charge in [-0.1, -0.05) is 18.5 Å². The lowest BCUT2D eigenvalue weighted by Crippen LogP contribution is -2.24. The number of aryl methyl sites for hydroxylation is 3. The Balaban J connectivity index is 2.45. The van der Waals surface area contributed by atoms with Crippen molar-refractivity contribution in [3.05, 3.63) is 45.6 Å². The molecule has 0 aliphatic rings. The minimum Gasteiger partial charge on any atom is -0.437 e. The largest absolute Gasteiger partial charge is 0.437 e. The lowest BCUT2D eigenvalue weighted by atomic mass is 10.1. The molecule has 0 spiro atoms. The molecule has 1 unspecified atom stereocenters. The minimum atomic E-state index is 0.0979. The number of anilines is 1. The molecule has 1 atom stereocenters. The van der Waals surface area contributed by atoms with Crippen molar-refractivity contribution in [1.82, 2.24) is 4.98 Å². The second-order valence-corrected chi connectivity index (χ2v) is 6.72. The lowest BCUT2D eigenvalue weighted by Gasteiger charge is -2.20. The molecule has 0 saturated heterocycles. The number of nitrogens with one attached hydrogen (secondary N) is 1. The SMILES string of the molecule is CCC(COC)Nc1cc(C)nc(Oc2c(C)cc(Cl)cc2C)c1C#N. The van der Waals surface area contributed by atoms with Gasteiger partial charge in [0.15, 0.2) is 0 Å². The molecule has 0 bridgehead atoms. The molecule has 6 heteroatoms. The van der Waals surface area contributed by atoms with Gasteiger partial charge in [-0.2, -0.15) is 5.26 Å². The highest BCUT2D eigenvalue weighted by Crippen LogP contribution is 2.34. The van der Waals surface area contributed by atoms with Gasteiger partial charge in [-0.3, -0.25) is 0 Å². The highest BCUT2D eigenvalue weighted by molar-refractivity contribution is 6.30. The Morgan fingerprint density at radius 2 is 1.88 bits per heavy atom. The fraction of sp³-hybridized carbons (Fsp3) is 0.400. The minimum absolute atomic E-state index is 0.0979. The summed E-state index contributed by atoms with van der Waals surface area (Å²) in [6, 6.07) is 7.83. The highest BCUT2D eigenvalue weighted by atomic mass is 35.5. The van der Waals surface area contributed by atoms with Crippen molar-refractivity contribution in [2.45, 2.75) is 40.2 Å². The van der Waals surface area contributed by atoms with Crippen LogP contribution in [0.4, 0.5) is 5.69 Å². The molecule has 1 heterocycles. The Morgan fingerprint density at radius 1 is 1.23 bits per heavy atom. The van der Waals surface area contributed by atoms with Crippen molar-refractivity contribution in [3.63, 3.8) is 0 Å². The summed E-state index contributed by atoms with van der Waals surface area (Å²) in [6.07, 6.45) is 0.867. The molecule has 0 aliphatic heterocycles. The molecule has 1 aromatic carbocycles. The first kappa shape index (κ1) is 20.0. The number of nitrogens with zero attached hydrogens (tertiary/aromatic N) is 2. The van der Waals surface area contributed by atoms with Crippen LogP contribution in [0.25, 0.3) is 0 Å². The van der Waals surface area contributed by atoms with Gasteiger partial charge in [0.1, 0.15) is 17.4 Å². The van der Waals surface area contributed by atoms with Crippen molar-refractivity contribution in [2.24, 2.45) is 0 Å². The maximum Gasteiger partial charge on any atom is 0.239 e. The van der Waals surface area contributed by atoms with Crippen LogP contribution < -0.4 is 10.1 Å². The second kappa shape index (κ2) is 8.88. The van der Waals surface area contributed by atoms with Crippen molar-refractivity contribution < 1.29 is 9.47 Å². The number of benzene rings is 1. The Labute approximate surface area is 159 Å². The van der Waals surface area contributed by atoms with Crippen molar-refractivity contribution in [1.29, 1.82) is 5.26 Å². The Hall–Kier alpha value is -2.29. The van der Waals surface area contributed by atoms with Gasteiger partial charge in [0.2, 0.25) is 5.88 Å². The first-order valence-corrected chi connectivity index (χ1v) is 8.89. The van der Waals surface area contributed by atoms with E-state index in [0.29, 0.717) is 28.6 Å². The average molecular weight is 374 g/mol. The van der Waals surface area contributed by atoms with E-state index in [1.807, 2.05) is 39.0 Å². The molecule has 0 radical (unpaired) electrons. The Morgan fingerprint density at radius 3 is 2.42 bits per heavy atom. The summed E-state index contributed by atoms with van der Waals surface area (Å²) in [5, 5.41) is 13.7. The summed E-state index contributed by atoms with van der Waals surface area (Å²) >= 11 is 6.09. The molecule has 0 fully saturated rings. The average Bonchev–Trinajstić information content (AvgIpc) is 2.57. The van der Waals surface area contributed by atoms with Gasteiger partial charge in [0, 0.05) is 23.9 Å². The van der Waals surface area contributed by atoms with Crippen LogP contribution in [-0.4, -0.2) is 24.7 Å². The van der Waals surface area contributed by atoms with Crippen molar-refractivity contribution >= 4 is 17.3 Å². The third-order valence-corrected chi connectivity index (χ3v) is 4.29. The maximum absolute atomic E-state index is 9.70. The van der Waals surface area contributed by atoms with E-state index in [1.54, 1.807) is 7.11 Å². The Kier molecular flexibility index (Phi) is 6.84. The summed E-state index contributed by atoms with van der Waals surface area (Å²) in [5.74, 6) is 0.953. The summed E-state index contributed by atoms with van der Waals surface area (Å²) < 4.78 is 11.3. The Bertz CT molecular complexity index is 808. The molecule has 5 nitrogen and oxygen atoms in total. The van der Waals surface area contributed by atoms with E-state index in [4.69, 9.17) is 21.1 Å². The van der Waals surface area contributed by atoms with E-state index in [0.717, 1.165) is 23.2 Å². The zero-order chi connectivity index (χ0) is 19.3.